The largest absolute Gasteiger partial charge is 0.493 e. The van der Waals surface area contributed by atoms with Gasteiger partial charge in [0, 0.05) is 25.4 Å². The third-order valence-electron chi connectivity index (χ3n) is 4.23. The maximum atomic E-state index is 12.4. The highest BCUT2D eigenvalue weighted by Crippen LogP contribution is 2.33. The quantitative estimate of drug-likeness (QED) is 0.297. The van der Waals surface area contributed by atoms with Crippen LogP contribution in [0, 0.1) is 0 Å². The molecule has 0 aliphatic carbocycles. The summed E-state index contributed by atoms with van der Waals surface area (Å²) in [5, 5.41) is 3.03. The summed E-state index contributed by atoms with van der Waals surface area (Å²) in [4.78, 5) is 27.6. The van der Waals surface area contributed by atoms with Gasteiger partial charge in [0.15, 0.2) is 11.5 Å². The van der Waals surface area contributed by atoms with Crippen LogP contribution in [0.5, 0.6) is 17.2 Å². The van der Waals surface area contributed by atoms with Gasteiger partial charge in [0.2, 0.25) is 5.91 Å². The van der Waals surface area contributed by atoms with Crippen LogP contribution in [-0.2, 0) is 16.2 Å². The maximum absolute atomic E-state index is 12.4. The van der Waals surface area contributed by atoms with Crippen molar-refractivity contribution in [3.63, 3.8) is 0 Å². The smallest absolute Gasteiger partial charge is 0.308 e. The van der Waals surface area contributed by atoms with Crippen molar-refractivity contribution in [2.75, 3.05) is 12.4 Å². The number of carbonyl (C=O) groups excluding carboxylic acids is 2. The molecular formula is C24H21ClN2O5. The number of anilines is 1. The maximum Gasteiger partial charge on any atom is 0.308 e. The Balaban J connectivity index is 1.67. The molecule has 2 aromatic carbocycles. The van der Waals surface area contributed by atoms with Crippen molar-refractivity contribution in [3.05, 3.63) is 83.2 Å². The van der Waals surface area contributed by atoms with Crippen LogP contribution in [0.4, 0.5) is 5.69 Å². The van der Waals surface area contributed by atoms with Crippen LogP contribution in [0.3, 0.4) is 0 Å². The van der Waals surface area contributed by atoms with Crippen LogP contribution in [0.1, 0.15) is 18.1 Å². The second kappa shape index (κ2) is 11.0. The molecule has 164 valence electrons. The predicted octanol–water partition coefficient (Wildman–Crippen LogP) is 4.90. The van der Waals surface area contributed by atoms with Crippen LogP contribution in [0.2, 0.25) is 5.02 Å². The minimum absolute atomic E-state index is 0.268. The highest BCUT2D eigenvalue weighted by molar-refractivity contribution is 6.35. The van der Waals surface area contributed by atoms with Gasteiger partial charge in [-0.15, -0.1) is 0 Å². The average molecular weight is 453 g/mol. The molecule has 8 heteroatoms. The molecule has 0 radical (unpaired) electrons. The van der Waals surface area contributed by atoms with Crippen molar-refractivity contribution < 1.29 is 23.8 Å². The van der Waals surface area contributed by atoms with Crippen molar-refractivity contribution in [2.45, 2.75) is 13.5 Å². The van der Waals surface area contributed by atoms with Gasteiger partial charge >= 0.3 is 5.97 Å². The van der Waals surface area contributed by atoms with E-state index >= 15 is 0 Å². The van der Waals surface area contributed by atoms with Gasteiger partial charge in [-0.3, -0.25) is 14.6 Å². The summed E-state index contributed by atoms with van der Waals surface area (Å²) < 4.78 is 16.1. The first-order chi connectivity index (χ1) is 15.5. The number of pyridine rings is 1. The lowest BCUT2D eigenvalue weighted by molar-refractivity contribution is -0.132. The zero-order valence-electron chi connectivity index (χ0n) is 17.5. The molecule has 1 heterocycles. The summed E-state index contributed by atoms with van der Waals surface area (Å²) in [6.07, 6.45) is 6.29. The van der Waals surface area contributed by atoms with E-state index in [0.717, 1.165) is 5.56 Å². The number of benzene rings is 2. The van der Waals surface area contributed by atoms with Gasteiger partial charge in [-0.2, -0.15) is 0 Å². The fourth-order valence-corrected chi connectivity index (χ4v) is 2.96. The molecule has 3 rings (SSSR count). The van der Waals surface area contributed by atoms with E-state index in [-0.39, 0.29) is 11.7 Å². The van der Waals surface area contributed by atoms with E-state index in [0.29, 0.717) is 34.4 Å². The summed E-state index contributed by atoms with van der Waals surface area (Å²) in [5.74, 6) is 0.277. The second-order valence-electron chi connectivity index (χ2n) is 6.59. The van der Waals surface area contributed by atoms with Crippen LogP contribution in [-0.4, -0.2) is 24.0 Å². The number of rotatable bonds is 8. The molecule has 0 fully saturated rings. The summed E-state index contributed by atoms with van der Waals surface area (Å²) >= 11 is 6.40. The first-order valence-electron chi connectivity index (χ1n) is 9.62. The minimum atomic E-state index is -0.470. The van der Waals surface area contributed by atoms with Crippen LogP contribution >= 0.6 is 11.6 Å². The Labute approximate surface area is 190 Å². The molecule has 0 aliphatic rings. The fraction of sp³-hybridized carbons (Fsp3) is 0.125. The van der Waals surface area contributed by atoms with Gasteiger partial charge in [-0.25, -0.2) is 0 Å². The number of ether oxygens (including phenoxy) is 3. The zero-order valence-corrected chi connectivity index (χ0v) is 18.3. The van der Waals surface area contributed by atoms with Crippen molar-refractivity contribution >= 4 is 35.2 Å². The van der Waals surface area contributed by atoms with Crippen LogP contribution in [0.15, 0.2) is 67.0 Å². The number of hydrogen-bond acceptors (Lipinski definition) is 6. The Kier molecular flexibility index (Phi) is 7.83. The Morgan fingerprint density at radius 1 is 1.06 bits per heavy atom. The first-order valence-corrected chi connectivity index (χ1v) is 10.00. The van der Waals surface area contributed by atoms with Crippen molar-refractivity contribution in [3.8, 4) is 17.2 Å². The molecule has 3 aromatic rings. The lowest BCUT2D eigenvalue weighted by Gasteiger charge is -2.11. The van der Waals surface area contributed by atoms with E-state index in [2.05, 4.69) is 10.3 Å². The molecule has 0 unspecified atom stereocenters. The van der Waals surface area contributed by atoms with E-state index in [9.17, 15) is 9.59 Å². The summed E-state index contributed by atoms with van der Waals surface area (Å²) in [5.41, 5.74) is 2.02. The average Bonchev–Trinajstić information content (AvgIpc) is 2.79. The van der Waals surface area contributed by atoms with Gasteiger partial charge in [0.1, 0.15) is 17.4 Å². The summed E-state index contributed by atoms with van der Waals surface area (Å²) in [6, 6.07) is 13.8. The monoisotopic (exact) mass is 452 g/mol. The molecule has 32 heavy (non-hydrogen) atoms. The molecule has 1 N–H and O–H groups in total. The van der Waals surface area contributed by atoms with E-state index in [1.165, 1.54) is 20.1 Å². The van der Waals surface area contributed by atoms with E-state index in [1.807, 2.05) is 12.1 Å². The molecule has 0 atom stereocenters. The van der Waals surface area contributed by atoms with Gasteiger partial charge in [-0.05, 0) is 53.6 Å². The first kappa shape index (κ1) is 22.8. The molecule has 0 saturated carbocycles. The standard InChI is InChI=1S/C24H21ClN2O5/c1-16(28)32-22-14-17(6-8-20(22)30-2)7-9-23(29)27-19-4-3-5-21(24(19)25)31-15-18-10-12-26-13-11-18/h3-14H,15H2,1-2H3,(H,27,29)/b9-7-. The number of nitrogens with one attached hydrogen (secondary N) is 1. The SMILES string of the molecule is COc1ccc(/C=C\C(=O)Nc2cccc(OCc3ccncc3)c2Cl)cc1OC(C)=O. The highest BCUT2D eigenvalue weighted by Gasteiger charge is 2.10. The Morgan fingerprint density at radius 3 is 2.56 bits per heavy atom. The van der Waals surface area contributed by atoms with Crippen LogP contribution in [0.25, 0.3) is 6.08 Å². The van der Waals surface area contributed by atoms with E-state index in [1.54, 1.807) is 54.9 Å². The minimum Gasteiger partial charge on any atom is -0.493 e. The van der Waals surface area contributed by atoms with Crippen molar-refractivity contribution in [1.82, 2.24) is 4.98 Å². The lowest BCUT2D eigenvalue weighted by atomic mass is 10.2. The third kappa shape index (κ3) is 6.33. The zero-order chi connectivity index (χ0) is 22.9. The van der Waals surface area contributed by atoms with E-state index < -0.39 is 5.97 Å². The molecule has 1 aromatic heterocycles. The molecule has 0 bridgehead atoms. The lowest BCUT2D eigenvalue weighted by Crippen LogP contribution is -2.08. The molecule has 1 amide bonds. The number of halogens is 1. The molecule has 0 saturated heterocycles. The highest BCUT2D eigenvalue weighted by atomic mass is 35.5. The number of nitrogens with zero attached hydrogens (tertiary/aromatic N) is 1. The van der Waals surface area contributed by atoms with Gasteiger partial charge in [0.05, 0.1) is 12.8 Å². The predicted molar refractivity (Wildman–Crippen MR) is 122 cm³/mol. The number of carbonyl (C=O) groups is 2. The Morgan fingerprint density at radius 2 is 1.84 bits per heavy atom. The summed E-state index contributed by atoms with van der Waals surface area (Å²) in [7, 11) is 1.48. The number of esters is 1. The number of hydrogen-bond donors (Lipinski definition) is 1. The Hall–Kier alpha value is -3.84. The summed E-state index contributed by atoms with van der Waals surface area (Å²) in [6.45, 7) is 1.62. The molecular weight excluding hydrogens is 432 g/mol. The van der Waals surface area contributed by atoms with Gasteiger partial charge < -0.3 is 19.5 Å². The van der Waals surface area contributed by atoms with Crippen molar-refractivity contribution in [1.29, 1.82) is 0 Å². The number of aromatic nitrogens is 1. The number of amides is 1. The van der Waals surface area contributed by atoms with Gasteiger partial charge in [0.25, 0.3) is 0 Å². The molecule has 0 aliphatic heterocycles. The topological polar surface area (TPSA) is 86.8 Å². The number of methoxy groups -OCH3 is 1. The van der Waals surface area contributed by atoms with Crippen LogP contribution < -0.4 is 19.5 Å². The normalized spacial score (nSPS) is 10.6. The Bertz CT molecular complexity index is 1130. The molecule has 7 nitrogen and oxygen atoms in total. The third-order valence-corrected chi connectivity index (χ3v) is 4.62. The van der Waals surface area contributed by atoms with E-state index in [4.69, 9.17) is 25.8 Å². The molecule has 0 spiro atoms. The fourth-order valence-electron chi connectivity index (χ4n) is 2.74. The second-order valence-corrected chi connectivity index (χ2v) is 6.97. The van der Waals surface area contributed by atoms with Gasteiger partial charge in [-0.1, -0.05) is 23.7 Å². The van der Waals surface area contributed by atoms with Crippen molar-refractivity contribution in [2.24, 2.45) is 0 Å².